The lowest BCUT2D eigenvalue weighted by molar-refractivity contribution is 0.458. The predicted octanol–water partition coefficient (Wildman–Crippen LogP) is 2.23. The first-order valence-corrected chi connectivity index (χ1v) is 6.95. The van der Waals surface area contributed by atoms with E-state index in [1.54, 1.807) is 35.6 Å². The number of rotatable bonds is 0. The van der Waals surface area contributed by atoms with Crippen LogP contribution in [0.2, 0.25) is 0 Å². The molecular weight excluding hydrogens is 262 g/mol. The Morgan fingerprint density at radius 3 is 2.42 bits per heavy atom. The normalized spacial score (nSPS) is 18.5. The van der Waals surface area contributed by atoms with Crippen LogP contribution < -0.4 is 0 Å². The van der Waals surface area contributed by atoms with Crippen LogP contribution in [-0.4, -0.2) is 26.1 Å². The first-order valence-electron chi connectivity index (χ1n) is 5.84. The van der Waals surface area contributed by atoms with E-state index < -0.39 is 11.4 Å². The molecule has 0 bridgehead atoms. The fourth-order valence-corrected chi connectivity index (χ4v) is 3.50. The van der Waals surface area contributed by atoms with Gasteiger partial charge in [-0.2, -0.15) is 0 Å². The summed E-state index contributed by atoms with van der Waals surface area (Å²) >= 11 is -1.33. The highest BCUT2D eigenvalue weighted by Gasteiger charge is 2.29. The Kier molecular flexibility index (Phi) is 2.89. The summed E-state index contributed by atoms with van der Waals surface area (Å²) in [4.78, 5) is 0.590. The van der Waals surface area contributed by atoms with Crippen molar-refractivity contribution in [3.05, 3.63) is 42.0 Å². The van der Waals surface area contributed by atoms with Crippen LogP contribution in [0.4, 0.5) is 0 Å². The maximum Gasteiger partial charge on any atom is 0.185 e. The van der Waals surface area contributed by atoms with Gasteiger partial charge in [0, 0.05) is 18.7 Å². The molecule has 1 aliphatic rings. The molecule has 0 amide bonds. The number of benzene rings is 2. The van der Waals surface area contributed by atoms with Crippen molar-refractivity contribution in [2.75, 3.05) is 7.05 Å². The molecular formula is C14H13NO3S. The van der Waals surface area contributed by atoms with Crippen molar-refractivity contribution in [3.8, 4) is 22.6 Å². The summed E-state index contributed by atoms with van der Waals surface area (Å²) in [6.45, 7) is 0.478. The predicted molar refractivity (Wildman–Crippen MR) is 73.1 cm³/mol. The van der Waals surface area contributed by atoms with E-state index in [0.717, 1.165) is 16.7 Å². The van der Waals surface area contributed by atoms with Crippen LogP contribution in [0.3, 0.4) is 0 Å². The molecule has 0 fully saturated rings. The standard InChI is InChI=1S/C14H13NO3S/c1-15-8-9-6-10(16)2-4-12(9)13-5-3-11(17)7-14(13)19(15)18/h2-7,16-17H,8H2,1H3/t19-/m0/s1. The molecule has 0 unspecified atom stereocenters. The minimum Gasteiger partial charge on any atom is -0.593 e. The molecule has 19 heavy (non-hydrogen) atoms. The molecule has 1 aliphatic heterocycles. The van der Waals surface area contributed by atoms with Crippen molar-refractivity contribution in [2.24, 2.45) is 0 Å². The van der Waals surface area contributed by atoms with Gasteiger partial charge in [0.05, 0.1) is 17.9 Å². The van der Waals surface area contributed by atoms with E-state index in [0.29, 0.717) is 11.4 Å². The molecule has 1 heterocycles. The van der Waals surface area contributed by atoms with Gasteiger partial charge in [-0.05, 0) is 35.4 Å². The summed E-state index contributed by atoms with van der Waals surface area (Å²) in [7, 11) is 1.75. The maximum absolute atomic E-state index is 12.4. The van der Waals surface area contributed by atoms with Crippen molar-refractivity contribution in [1.29, 1.82) is 0 Å². The second-order valence-electron chi connectivity index (χ2n) is 4.56. The van der Waals surface area contributed by atoms with Crippen LogP contribution in [0.5, 0.6) is 11.5 Å². The van der Waals surface area contributed by atoms with Crippen LogP contribution in [-0.2, 0) is 17.9 Å². The van der Waals surface area contributed by atoms with Gasteiger partial charge >= 0.3 is 0 Å². The highest BCUT2D eigenvalue weighted by atomic mass is 32.2. The average molecular weight is 275 g/mol. The van der Waals surface area contributed by atoms with Crippen molar-refractivity contribution < 1.29 is 14.8 Å². The van der Waals surface area contributed by atoms with Crippen molar-refractivity contribution in [2.45, 2.75) is 11.4 Å². The van der Waals surface area contributed by atoms with Gasteiger partial charge in [0.1, 0.15) is 11.5 Å². The zero-order chi connectivity index (χ0) is 13.6. The van der Waals surface area contributed by atoms with E-state index in [1.165, 1.54) is 6.07 Å². The summed E-state index contributed by atoms with van der Waals surface area (Å²) in [6.07, 6.45) is 0. The number of hydrogen-bond donors (Lipinski definition) is 2. The molecule has 0 radical (unpaired) electrons. The molecule has 0 aliphatic carbocycles. The number of fused-ring (bicyclic) bond motifs is 3. The Hall–Kier alpha value is -1.69. The number of aromatic hydroxyl groups is 2. The van der Waals surface area contributed by atoms with Crippen molar-refractivity contribution in [3.63, 3.8) is 0 Å². The van der Waals surface area contributed by atoms with Gasteiger partial charge in [-0.3, -0.25) is 0 Å². The zero-order valence-electron chi connectivity index (χ0n) is 10.3. The van der Waals surface area contributed by atoms with Crippen LogP contribution >= 0.6 is 0 Å². The smallest absolute Gasteiger partial charge is 0.185 e. The van der Waals surface area contributed by atoms with Gasteiger partial charge in [-0.25, -0.2) is 0 Å². The number of hydrogen-bond acceptors (Lipinski definition) is 4. The molecule has 2 aromatic rings. The van der Waals surface area contributed by atoms with Crippen LogP contribution in [0.1, 0.15) is 5.56 Å². The van der Waals surface area contributed by atoms with Gasteiger partial charge in [0.2, 0.25) is 0 Å². The van der Waals surface area contributed by atoms with E-state index >= 15 is 0 Å². The molecule has 0 spiro atoms. The lowest BCUT2D eigenvalue weighted by Gasteiger charge is -2.18. The number of phenols is 2. The summed E-state index contributed by atoms with van der Waals surface area (Å²) in [5.41, 5.74) is 2.68. The van der Waals surface area contributed by atoms with Crippen molar-refractivity contribution in [1.82, 2.24) is 4.31 Å². The zero-order valence-corrected chi connectivity index (χ0v) is 11.1. The largest absolute Gasteiger partial charge is 0.593 e. The van der Waals surface area contributed by atoms with Gasteiger partial charge in [0.25, 0.3) is 0 Å². The number of phenolic OH excluding ortho intramolecular Hbond substituents is 2. The Bertz CT molecular complexity index is 645. The molecule has 98 valence electrons. The van der Waals surface area contributed by atoms with Crippen LogP contribution in [0, 0.1) is 0 Å². The molecule has 1 atom stereocenters. The van der Waals surface area contributed by atoms with Gasteiger partial charge in [-0.1, -0.05) is 6.07 Å². The second kappa shape index (κ2) is 4.45. The summed E-state index contributed by atoms with van der Waals surface area (Å²) in [6, 6.07) is 9.99. The van der Waals surface area contributed by atoms with Crippen molar-refractivity contribution >= 4 is 11.4 Å². The summed E-state index contributed by atoms with van der Waals surface area (Å²) in [5.74, 6) is 0.294. The van der Waals surface area contributed by atoms with Gasteiger partial charge < -0.3 is 14.8 Å². The summed E-state index contributed by atoms with van der Waals surface area (Å²) in [5, 5.41) is 19.2. The van der Waals surface area contributed by atoms with Gasteiger partial charge in [0.15, 0.2) is 4.90 Å². The van der Waals surface area contributed by atoms with E-state index in [1.807, 2.05) is 6.07 Å². The van der Waals surface area contributed by atoms with E-state index in [9.17, 15) is 14.8 Å². The minimum absolute atomic E-state index is 0.0997. The molecule has 2 aromatic carbocycles. The topological polar surface area (TPSA) is 66.8 Å². The summed E-state index contributed by atoms with van der Waals surface area (Å²) < 4.78 is 14.1. The first kappa shape index (κ1) is 12.3. The molecule has 0 aromatic heterocycles. The first-order chi connectivity index (χ1) is 9.06. The third-order valence-electron chi connectivity index (χ3n) is 3.21. The van der Waals surface area contributed by atoms with Gasteiger partial charge in [-0.15, -0.1) is 4.31 Å². The highest BCUT2D eigenvalue weighted by molar-refractivity contribution is 7.89. The quantitative estimate of drug-likeness (QED) is 0.724. The Balaban J connectivity index is 2.29. The van der Waals surface area contributed by atoms with Crippen LogP contribution in [0.25, 0.3) is 11.1 Å². The molecule has 0 saturated heterocycles. The van der Waals surface area contributed by atoms with E-state index in [2.05, 4.69) is 0 Å². The Morgan fingerprint density at radius 1 is 1.05 bits per heavy atom. The SMILES string of the molecule is CN1Cc2cc(O)ccc2-c2ccc(O)cc2[S@+]1[O-]. The molecule has 0 saturated carbocycles. The molecule has 5 heteroatoms. The van der Waals surface area contributed by atoms with Crippen LogP contribution in [0.15, 0.2) is 41.3 Å². The Morgan fingerprint density at radius 2 is 1.68 bits per heavy atom. The lowest BCUT2D eigenvalue weighted by Crippen LogP contribution is -2.25. The average Bonchev–Trinajstić information content (AvgIpc) is 2.47. The molecule has 4 nitrogen and oxygen atoms in total. The van der Waals surface area contributed by atoms with E-state index in [-0.39, 0.29) is 11.5 Å². The maximum atomic E-state index is 12.4. The lowest BCUT2D eigenvalue weighted by atomic mass is 9.99. The molecule has 3 rings (SSSR count). The van der Waals surface area contributed by atoms with E-state index in [4.69, 9.17) is 0 Å². The fraction of sp³-hybridized carbons (Fsp3) is 0.143. The highest BCUT2D eigenvalue weighted by Crippen LogP contribution is 2.38. The third-order valence-corrected chi connectivity index (χ3v) is 4.62. The number of nitrogens with zero attached hydrogens (tertiary/aromatic N) is 1. The Labute approximate surface area is 114 Å². The third kappa shape index (κ3) is 2.06. The fourth-order valence-electron chi connectivity index (χ4n) is 2.32. The second-order valence-corrected chi connectivity index (χ2v) is 6.12. The monoisotopic (exact) mass is 275 g/mol. The minimum atomic E-state index is -1.33. The molecule has 2 N–H and O–H groups in total.